The van der Waals surface area contributed by atoms with Crippen molar-refractivity contribution in [3.05, 3.63) is 40.3 Å². The van der Waals surface area contributed by atoms with Crippen LogP contribution in [-0.4, -0.2) is 22.2 Å². The Morgan fingerprint density at radius 3 is 2.72 bits per heavy atom. The van der Waals surface area contributed by atoms with Crippen molar-refractivity contribution in [3.63, 3.8) is 0 Å². The van der Waals surface area contributed by atoms with Crippen molar-refractivity contribution >= 4 is 28.9 Å². The third-order valence-electron chi connectivity index (χ3n) is 2.68. The van der Waals surface area contributed by atoms with Crippen LogP contribution in [-0.2, 0) is 6.42 Å². The third-order valence-corrected chi connectivity index (χ3v) is 2.89. The maximum Gasteiger partial charge on any atom is 0.172 e. The summed E-state index contributed by atoms with van der Waals surface area (Å²) in [7, 11) is 0. The number of amidine groups is 1. The molecule has 0 saturated heterocycles. The minimum atomic E-state index is -0.104. The normalized spacial score (nSPS) is 16.0. The van der Waals surface area contributed by atoms with Crippen LogP contribution in [0.25, 0.3) is 0 Å². The van der Waals surface area contributed by atoms with Crippen LogP contribution in [0.3, 0.4) is 0 Å². The topological polar surface area (TPSA) is 99.0 Å². The Bertz CT molecular complexity index is 600. The molecule has 1 aromatic heterocycles. The van der Waals surface area contributed by atoms with Gasteiger partial charge in [0.05, 0.1) is 5.70 Å². The van der Waals surface area contributed by atoms with E-state index in [0.29, 0.717) is 17.3 Å². The number of rotatable bonds is 2. The van der Waals surface area contributed by atoms with E-state index in [9.17, 15) is 0 Å². The second-order valence-electron chi connectivity index (χ2n) is 3.94. The van der Waals surface area contributed by atoms with E-state index >= 15 is 0 Å². The lowest BCUT2D eigenvalue weighted by molar-refractivity contribution is 1.07. The van der Waals surface area contributed by atoms with Gasteiger partial charge in [0.15, 0.2) is 5.84 Å². The van der Waals surface area contributed by atoms with E-state index in [2.05, 4.69) is 9.98 Å². The number of nitrogens with zero attached hydrogens (tertiary/aromatic N) is 2. The van der Waals surface area contributed by atoms with Crippen molar-refractivity contribution in [2.24, 2.45) is 10.7 Å². The standard InChI is InChI=1S/C12H12ClN5/c1-6-8(10(14)11(15)12(16)17-6)5-7-3-2-4-9(13)18-7/h2-4,15-16H,5,14H2,1H3. The predicted molar refractivity (Wildman–Crippen MR) is 72.7 cm³/mol. The maximum absolute atomic E-state index is 7.67. The Morgan fingerprint density at radius 1 is 1.33 bits per heavy atom. The van der Waals surface area contributed by atoms with Crippen LogP contribution in [0.5, 0.6) is 0 Å². The van der Waals surface area contributed by atoms with E-state index in [1.54, 1.807) is 13.0 Å². The molecule has 0 radical (unpaired) electrons. The van der Waals surface area contributed by atoms with Gasteiger partial charge in [0.1, 0.15) is 10.9 Å². The molecule has 0 aromatic carbocycles. The highest BCUT2D eigenvalue weighted by atomic mass is 35.5. The van der Waals surface area contributed by atoms with E-state index in [0.717, 1.165) is 11.3 Å². The summed E-state index contributed by atoms with van der Waals surface area (Å²) in [6, 6.07) is 5.34. The number of aliphatic imine (C=N–C) groups is 1. The van der Waals surface area contributed by atoms with E-state index in [1.165, 1.54) is 0 Å². The van der Waals surface area contributed by atoms with Crippen molar-refractivity contribution in [1.29, 1.82) is 10.8 Å². The first kappa shape index (κ1) is 12.4. The van der Waals surface area contributed by atoms with Gasteiger partial charge in [0.25, 0.3) is 0 Å². The summed E-state index contributed by atoms with van der Waals surface area (Å²) >= 11 is 5.82. The number of aromatic nitrogens is 1. The molecule has 2 rings (SSSR count). The number of nitrogens with two attached hydrogens (primary N) is 1. The molecule has 0 unspecified atom stereocenters. The number of hydrogen-bond donors (Lipinski definition) is 3. The van der Waals surface area contributed by atoms with Crippen LogP contribution in [0.15, 0.2) is 34.5 Å². The minimum Gasteiger partial charge on any atom is -0.397 e. The Morgan fingerprint density at radius 2 is 2.06 bits per heavy atom. The van der Waals surface area contributed by atoms with Crippen molar-refractivity contribution in [3.8, 4) is 0 Å². The van der Waals surface area contributed by atoms with Crippen LogP contribution >= 0.6 is 11.6 Å². The van der Waals surface area contributed by atoms with Crippen LogP contribution in [0.1, 0.15) is 12.6 Å². The zero-order valence-corrected chi connectivity index (χ0v) is 10.5. The highest BCUT2D eigenvalue weighted by Gasteiger charge is 2.21. The molecule has 0 spiro atoms. The zero-order chi connectivity index (χ0) is 13.3. The van der Waals surface area contributed by atoms with Gasteiger partial charge in [-0.1, -0.05) is 17.7 Å². The molecule has 0 amide bonds. The predicted octanol–water partition coefficient (Wildman–Crippen LogP) is 1.96. The zero-order valence-electron chi connectivity index (χ0n) is 9.79. The lowest BCUT2D eigenvalue weighted by Crippen LogP contribution is -2.28. The van der Waals surface area contributed by atoms with E-state index in [-0.39, 0.29) is 17.2 Å². The fraction of sp³-hybridized carbons (Fsp3) is 0.167. The number of hydrogen-bond acceptors (Lipinski definition) is 4. The number of halogens is 1. The molecular formula is C12H12ClN5. The lowest BCUT2D eigenvalue weighted by atomic mass is 9.98. The van der Waals surface area contributed by atoms with Gasteiger partial charge >= 0.3 is 0 Å². The van der Waals surface area contributed by atoms with Crippen LogP contribution < -0.4 is 5.73 Å². The average molecular weight is 262 g/mol. The van der Waals surface area contributed by atoms with Gasteiger partial charge in [-0.2, -0.15) is 0 Å². The van der Waals surface area contributed by atoms with E-state index < -0.39 is 0 Å². The number of dihydropyridines is 1. The fourth-order valence-electron chi connectivity index (χ4n) is 1.72. The monoisotopic (exact) mass is 261 g/mol. The van der Waals surface area contributed by atoms with Crippen LogP contribution in [0.4, 0.5) is 0 Å². The summed E-state index contributed by atoms with van der Waals surface area (Å²) in [4.78, 5) is 8.17. The number of allylic oxidation sites excluding steroid dienone is 1. The first-order chi connectivity index (χ1) is 8.49. The first-order valence-electron chi connectivity index (χ1n) is 5.32. The summed E-state index contributed by atoms with van der Waals surface area (Å²) in [6.45, 7) is 1.77. The molecule has 92 valence electrons. The van der Waals surface area contributed by atoms with Crippen molar-refractivity contribution in [2.45, 2.75) is 13.3 Å². The Kier molecular flexibility index (Phi) is 3.25. The molecule has 0 atom stereocenters. The second-order valence-corrected chi connectivity index (χ2v) is 4.33. The van der Waals surface area contributed by atoms with E-state index in [4.69, 9.17) is 28.2 Å². The van der Waals surface area contributed by atoms with Gasteiger partial charge < -0.3 is 5.73 Å². The van der Waals surface area contributed by atoms with Crippen LogP contribution in [0.2, 0.25) is 5.15 Å². The quantitative estimate of drug-likeness (QED) is 0.709. The van der Waals surface area contributed by atoms with Gasteiger partial charge in [-0.3, -0.25) is 10.8 Å². The molecule has 0 bridgehead atoms. The average Bonchev–Trinajstić information content (AvgIpc) is 2.32. The largest absolute Gasteiger partial charge is 0.397 e. The number of nitrogens with one attached hydrogen (secondary N) is 2. The molecule has 6 heteroatoms. The molecule has 2 heterocycles. The Labute approximate surface area is 109 Å². The Hall–Kier alpha value is -2.01. The van der Waals surface area contributed by atoms with Crippen molar-refractivity contribution in [1.82, 2.24) is 4.98 Å². The number of pyridine rings is 1. The van der Waals surface area contributed by atoms with Crippen LogP contribution in [0, 0.1) is 10.8 Å². The molecule has 1 aliphatic rings. The molecule has 4 N–H and O–H groups in total. The van der Waals surface area contributed by atoms with Gasteiger partial charge in [0, 0.05) is 23.4 Å². The molecule has 1 aromatic rings. The first-order valence-corrected chi connectivity index (χ1v) is 5.70. The molecule has 18 heavy (non-hydrogen) atoms. The van der Waals surface area contributed by atoms with Gasteiger partial charge in [-0.25, -0.2) is 9.98 Å². The summed E-state index contributed by atoms with van der Waals surface area (Å²) in [5, 5.41) is 15.6. The van der Waals surface area contributed by atoms with Gasteiger partial charge in [-0.15, -0.1) is 0 Å². The minimum absolute atomic E-state index is 0.0439. The van der Waals surface area contributed by atoms with Gasteiger partial charge in [-0.05, 0) is 19.1 Å². The molecular weight excluding hydrogens is 250 g/mol. The van der Waals surface area contributed by atoms with Gasteiger partial charge in [0.2, 0.25) is 0 Å². The summed E-state index contributed by atoms with van der Waals surface area (Å²) in [6.07, 6.45) is 0.456. The SMILES string of the molecule is CC1=NC(=N)C(=N)C(N)=C1Cc1cccc(Cl)n1. The summed E-state index contributed by atoms with van der Waals surface area (Å²) < 4.78 is 0. The molecule has 0 saturated carbocycles. The summed E-state index contributed by atoms with van der Waals surface area (Å²) in [5.41, 5.74) is 8.24. The third kappa shape index (κ3) is 2.31. The fourth-order valence-corrected chi connectivity index (χ4v) is 1.90. The molecule has 0 aliphatic carbocycles. The highest BCUT2D eigenvalue weighted by Crippen LogP contribution is 2.17. The second kappa shape index (κ2) is 4.70. The van der Waals surface area contributed by atoms with E-state index in [1.807, 2.05) is 12.1 Å². The lowest BCUT2D eigenvalue weighted by Gasteiger charge is -2.17. The molecule has 5 nitrogen and oxygen atoms in total. The Balaban J connectivity index is 2.36. The maximum atomic E-state index is 7.67. The summed E-state index contributed by atoms with van der Waals surface area (Å²) in [5.74, 6) is -0.104. The molecule has 1 aliphatic heterocycles. The highest BCUT2D eigenvalue weighted by molar-refractivity contribution is 6.49. The molecule has 0 fully saturated rings. The van der Waals surface area contributed by atoms with Crippen molar-refractivity contribution in [2.75, 3.05) is 0 Å². The van der Waals surface area contributed by atoms with Crippen molar-refractivity contribution < 1.29 is 0 Å². The smallest absolute Gasteiger partial charge is 0.172 e.